The highest BCUT2D eigenvalue weighted by atomic mass is 32.2. The van der Waals surface area contributed by atoms with Crippen molar-refractivity contribution in [2.75, 3.05) is 31.1 Å². The predicted molar refractivity (Wildman–Crippen MR) is 63.6 cm³/mol. The van der Waals surface area contributed by atoms with Crippen LogP contribution in [-0.4, -0.2) is 42.1 Å². The van der Waals surface area contributed by atoms with Crippen molar-refractivity contribution in [3.8, 4) is 0 Å². The summed E-state index contributed by atoms with van der Waals surface area (Å²) in [6.45, 7) is 5.79. The summed E-state index contributed by atoms with van der Waals surface area (Å²) in [7, 11) is 0. The lowest BCUT2D eigenvalue weighted by molar-refractivity contribution is 0.101. The minimum atomic E-state index is 0.745. The Balaban J connectivity index is 1.88. The molecular formula is C11H22N2S. The van der Waals surface area contributed by atoms with Crippen LogP contribution in [0.1, 0.15) is 19.8 Å². The van der Waals surface area contributed by atoms with Crippen LogP contribution in [0, 0.1) is 11.8 Å². The largest absolute Gasteiger partial charge is 0.330 e. The lowest BCUT2D eigenvalue weighted by Crippen LogP contribution is -2.47. The second-order valence-electron chi connectivity index (χ2n) is 4.77. The van der Waals surface area contributed by atoms with E-state index in [2.05, 4.69) is 23.6 Å². The topological polar surface area (TPSA) is 29.3 Å². The van der Waals surface area contributed by atoms with Gasteiger partial charge >= 0.3 is 0 Å². The summed E-state index contributed by atoms with van der Waals surface area (Å²) in [4.78, 5) is 2.69. The molecule has 0 aromatic rings. The number of rotatable bonds is 2. The van der Waals surface area contributed by atoms with E-state index in [0.29, 0.717) is 0 Å². The predicted octanol–water partition coefficient (Wildman–Crippen LogP) is 1.41. The Bertz CT molecular complexity index is 180. The molecule has 2 nitrogen and oxygen atoms in total. The van der Waals surface area contributed by atoms with Crippen molar-refractivity contribution < 1.29 is 0 Å². The second kappa shape index (κ2) is 4.86. The van der Waals surface area contributed by atoms with Gasteiger partial charge in [0.2, 0.25) is 0 Å². The molecule has 2 rings (SSSR count). The van der Waals surface area contributed by atoms with E-state index >= 15 is 0 Å². The molecule has 2 heterocycles. The Hall–Kier alpha value is 0.270. The van der Waals surface area contributed by atoms with Gasteiger partial charge in [-0.3, -0.25) is 4.90 Å². The van der Waals surface area contributed by atoms with Crippen molar-refractivity contribution in [2.45, 2.75) is 25.8 Å². The monoisotopic (exact) mass is 214 g/mol. The Labute approximate surface area is 91.6 Å². The van der Waals surface area contributed by atoms with E-state index in [9.17, 15) is 0 Å². The normalized spacial score (nSPS) is 40.3. The van der Waals surface area contributed by atoms with Crippen LogP contribution in [0.5, 0.6) is 0 Å². The molecule has 0 amide bonds. The third-order valence-electron chi connectivity index (χ3n) is 3.87. The van der Waals surface area contributed by atoms with Crippen molar-refractivity contribution in [3.63, 3.8) is 0 Å². The number of likely N-dealkylation sites (tertiary alicyclic amines) is 1. The van der Waals surface area contributed by atoms with Crippen LogP contribution in [0.3, 0.4) is 0 Å². The molecule has 82 valence electrons. The molecule has 0 spiro atoms. The van der Waals surface area contributed by atoms with Crippen LogP contribution >= 0.6 is 11.8 Å². The van der Waals surface area contributed by atoms with Gasteiger partial charge in [0.05, 0.1) is 0 Å². The molecule has 0 aromatic heterocycles. The van der Waals surface area contributed by atoms with E-state index in [-0.39, 0.29) is 0 Å². The summed E-state index contributed by atoms with van der Waals surface area (Å²) in [6.07, 6.45) is 2.75. The fraction of sp³-hybridized carbons (Fsp3) is 1.00. The van der Waals surface area contributed by atoms with Gasteiger partial charge in [-0.2, -0.15) is 11.8 Å². The Morgan fingerprint density at radius 2 is 2.29 bits per heavy atom. The van der Waals surface area contributed by atoms with Gasteiger partial charge in [-0.15, -0.1) is 0 Å². The lowest BCUT2D eigenvalue weighted by Gasteiger charge is -2.39. The highest BCUT2D eigenvalue weighted by molar-refractivity contribution is 7.99. The van der Waals surface area contributed by atoms with Gasteiger partial charge in [-0.25, -0.2) is 0 Å². The van der Waals surface area contributed by atoms with Crippen molar-refractivity contribution >= 4 is 11.8 Å². The van der Waals surface area contributed by atoms with E-state index in [0.717, 1.165) is 24.4 Å². The molecule has 3 heteroatoms. The fourth-order valence-corrected chi connectivity index (χ4v) is 3.88. The zero-order chi connectivity index (χ0) is 9.97. The molecule has 0 bridgehead atoms. The van der Waals surface area contributed by atoms with Crippen LogP contribution < -0.4 is 5.73 Å². The highest BCUT2D eigenvalue weighted by Gasteiger charge is 2.30. The quantitative estimate of drug-likeness (QED) is 0.753. The van der Waals surface area contributed by atoms with Crippen LogP contribution in [-0.2, 0) is 0 Å². The maximum atomic E-state index is 5.82. The Morgan fingerprint density at radius 3 is 2.93 bits per heavy atom. The van der Waals surface area contributed by atoms with Crippen LogP contribution in [0.2, 0.25) is 0 Å². The molecule has 2 fully saturated rings. The first kappa shape index (κ1) is 10.8. The second-order valence-corrected chi connectivity index (χ2v) is 5.92. The first-order valence-corrected chi connectivity index (χ1v) is 6.98. The molecule has 2 aliphatic heterocycles. The fourth-order valence-electron chi connectivity index (χ4n) is 2.63. The van der Waals surface area contributed by atoms with Gasteiger partial charge in [-0.05, 0) is 43.5 Å². The van der Waals surface area contributed by atoms with E-state index in [1.165, 1.54) is 37.4 Å². The molecule has 2 saturated heterocycles. The summed E-state index contributed by atoms with van der Waals surface area (Å²) in [5.41, 5.74) is 5.82. The summed E-state index contributed by atoms with van der Waals surface area (Å²) in [6, 6.07) is 0.863. The third kappa shape index (κ3) is 2.26. The Morgan fingerprint density at radius 1 is 1.43 bits per heavy atom. The van der Waals surface area contributed by atoms with Crippen molar-refractivity contribution in [3.05, 3.63) is 0 Å². The van der Waals surface area contributed by atoms with Gasteiger partial charge in [0, 0.05) is 18.3 Å². The molecular weight excluding hydrogens is 192 g/mol. The third-order valence-corrected chi connectivity index (χ3v) is 5.02. The smallest absolute Gasteiger partial charge is 0.0194 e. The minimum Gasteiger partial charge on any atom is -0.330 e. The first-order chi connectivity index (χ1) is 6.81. The molecule has 14 heavy (non-hydrogen) atoms. The molecule has 2 N–H and O–H groups in total. The maximum Gasteiger partial charge on any atom is 0.0194 e. The summed E-state index contributed by atoms with van der Waals surface area (Å²) >= 11 is 2.11. The average molecular weight is 214 g/mol. The lowest BCUT2D eigenvalue weighted by atomic mass is 9.86. The van der Waals surface area contributed by atoms with Crippen LogP contribution in [0.25, 0.3) is 0 Å². The summed E-state index contributed by atoms with van der Waals surface area (Å²) in [5, 5.41) is 0. The highest BCUT2D eigenvalue weighted by Crippen LogP contribution is 2.29. The number of nitrogens with two attached hydrogens (primary N) is 1. The molecule has 0 radical (unpaired) electrons. The molecule has 2 aliphatic rings. The molecule has 0 aromatic carbocycles. The average Bonchev–Trinajstić information content (AvgIpc) is 2.71. The number of thioether (sulfide) groups is 1. The molecule has 0 saturated carbocycles. The number of hydrogen-bond acceptors (Lipinski definition) is 3. The van der Waals surface area contributed by atoms with Crippen molar-refractivity contribution in [1.29, 1.82) is 0 Å². The summed E-state index contributed by atoms with van der Waals surface area (Å²) in [5.74, 6) is 4.30. The maximum absolute atomic E-state index is 5.82. The first-order valence-electron chi connectivity index (χ1n) is 5.83. The number of hydrogen-bond donors (Lipinski definition) is 1. The molecule has 3 unspecified atom stereocenters. The standard InChI is InChI=1S/C11H22N2S/c1-9-2-4-13(7-10(9)6-12)11-3-5-14-8-11/h9-11H,2-8,12H2,1H3. The van der Waals surface area contributed by atoms with Crippen molar-refractivity contribution in [1.82, 2.24) is 4.90 Å². The van der Waals surface area contributed by atoms with Gasteiger partial charge < -0.3 is 5.73 Å². The molecule has 0 aliphatic carbocycles. The van der Waals surface area contributed by atoms with E-state index in [1.807, 2.05) is 0 Å². The van der Waals surface area contributed by atoms with Crippen molar-refractivity contribution in [2.24, 2.45) is 17.6 Å². The van der Waals surface area contributed by atoms with E-state index in [4.69, 9.17) is 5.73 Å². The van der Waals surface area contributed by atoms with E-state index in [1.54, 1.807) is 0 Å². The van der Waals surface area contributed by atoms with Crippen LogP contribution in [0.15, 0.2) is 0 Å². The van der Waals surface area contributed by atoms with Gasteiger partial charge in [0.1, 0.15) is 0 Å². The van der Waals surface area contributed by atoms with Gasteiger partial charge in [0.25, 0.3) is 0 Å². The van der Waals surface area contributed by atoms with Gasteiger partial charge in [0.15, 0.2) is 0 Å². The SMILES string of the molecule is CC1CCN(C2CCSC2)CC1CN. The number of nitrogens with zero attached hydrogens (tertiary/aromatic N) is 1. The van der Waals surface area contributed by atoms with Crippen LogP contribution in [0.4, 0.5) is 0 Å². The van der Waals surface area contributed by atoms with E-state index < -0.39 is 0 Å². The Kier molecular flexibility index (Phi) is 3.74. The molecule has 3 atom stereocenters. The zero-order valence-corrected chi connectivity index (χ0v) is 9.93. The minimum absolute atomic E-state index is 0.745. The van der Waals surface area contributed by atoms with Gasteiger partial charge in [-0.1, -0.05) is 6.92 Å². The zero-order valence-electron chi connectivity index (χ0n) is 9.11. The number of piperidine rings is 1. The summed E-state index contributed by atoms with van der Waals surface area (Å²) < 4.78 is 0.